The van der Waals surface area contributed by atoms with Crippen LogP contribution in [0.4, 0.5) is 4.39 Å². The summed E-state index contributed by atoms with van der Waals surface area (Å²) in [4.78, 5) is 2.24. The highest BCUT2D eigenvalue weighted by Crippen LogP contribution is 2.03. The molecule has 0 aliphatic heterocycles. The summed E-state index contributed by atoms with van der Waals surface area (Å²) in [5, 5.41) is 0. The molecule has 0 aliphatic rings. The van der Waals surface area contributed by atoms with E-state index in [9.17, 15) is 4.39 Å². The lowest BCUT2D eigenvalue weighted by atomic mass is 10.1. The van der Waals surface area contributed by atoms with Crippen molar-refractivity contribution in [2.45, 2.75) is 13.3 Å². The summed E-state index contributed by atoms with van der Waals surface area (Å²) in [6.45, 7) is 4.22. The highest BCUT2D eigenvalue weighted by molar-refractivity contribution is 5.16. The summed E-state index contributed by atoms with van der Waals surface area (Å²) in [5.41, 5.74) is 1.20. The van der Waals surface area contributed by atoms with Crippen LogP contribution in [0.5, 0.6) is 0 Å². The van der Waals surface area contributed by atoms with Gasteiger partial charge in [-0.1, -0.05) is 19.1 Å². The number of nitrogens with zero attached hydrogens (tertiary/aromatic N) is 1. The van der Waals surface area contributed by atoms with Crippen molar-refractivity contribution in [3.63, 3.8) is 0 Å². The van der Waals surface area contributed by atoms with Gasteiger partial charge in [0, 0.05) is 6.54 Å². The predicted octanol–water partition coefficient (Wildman–Crippen LogP) is 2.32. The quantitative estimate of drug-likeness (QED) is 0.689. The second kappa shape index (κ2) is 4.97. The summed E-state index contributed by atoms with van der Waals surface area (Å²) in [6.07, 6.45) is 0.991. The molecule has 13 heavy (non-hydrogen) atoms. The van der Waals surface area contributed by atoms with E-state index in [0.29, 0.717) is 0 Å². The van der Waals surface area contributed by atoms with E-state index < -0.39 is 0 Å². The molecule has 0 aliphatic carbocycles. The van der Waals surface area contributed by atoms with E-state index in [1.165, 1.54) is 17.7 Å². The minimum Gasteiger partial charge on any atom is -0.306 e. The molecule has 0 aromatic heterocycles. The second-order valence-corrected chi connectivity index (χ2v) is 3.27. The lowest BCUT2D eigenvalue weighted by Crippen LogP contribution is -2.20. The minimum absolute atomic E-state index is 0.160. The normalized spacial score (nSPS) is 10.8. The van der Waals surface area contributed by atoms with Crippen LogP contribution in [-0.4, -0.2) is 25.0 Å². The van der Waals surface area contributed by atoms with Gasteiger partial charge < -0.3 is 4.90 Å². The van der Waals surface area contributed by atoms with Crippen molar-refractivity contribution >= 4 is 0 Å². The standard InChI is InChI=1S/C11H16FN/c1-3-13(2)9-8-10-4-6-11(12)7-5-10/h4-7H,3,8-9H2,1-2H3. The zero-order valence-corrected chi connectivity index (χ0v) is 8.26. The summed E-state index contributed by atoms with van der Waals surface area (Å²) in [6, 6.07) is 6.72. The molecule has 0 amide bonds. The summed E-state index contributed by atoms with van der Waals surface area (Å²) >= 11 is 0. The Morgan fingerprint density at radius 3 is 2.38 bits per heavy atom. The van der Waals surface area contributed by atoms with Gasteiger partial charge in [0.1, 0.15) is 5.82 Å². The first kappa shape index (κ1) is 10.2. The van der Waals surface area contributed by atoms with Crippen molar-refractivity contribution in [2.24, 2.45) is 0 Å². The Morgan fingerprint density at radius 2 is 1.85 bits per heavy atom. The molecule has 0 bridgehead atoms. The molecular weight excluding hydrogens is 165 g/mol. The predicted molar refractivity (Wildman–Crippen MR) is 53.3 cm³/mol. The monoisotopic (exact) mass is 181 g/mol. The molecule has 0 unspecified atom stereocenters. The molecule has 0 N–H and O–H groups in total. The van der Waals surface area contributed by atoms with Gasteiger partial charge >= 0.3 is 0 Å². The molecule has 0 spiro atoms. The third kappa shape index (κ3) is 3.55. The topological polar surface area (TPSA) is 3.24 Å². The maximum atomic E-state index is 12.5. The third-order valence-electron chi connectivity index (χ3n) is 2.24. The zero-order chi connectivity index (χ0) is 9.68. The molecule has 0 atom stereocenters. The molecule has 0 radical (unpaired) electrons. The SMILES string of the molecule is CCN(C)CCc1ccc(F)cc1. The zero-order valence-electron chi connectivity index (χ0n) is 8.26. The molecule has 0 heterocycles. The molecule has 2 heteroatoms. The van der Waals surface area contributed by atoms with Gasteiger partial charge in [0.15, 0.2) is 0 Å². The van der Waals surface area contributed by atoms with Crippen LogP contribution in [0.1, 0.15) is 12.5 Å². The van der Waals surface area contributed by atoms with Crippen LogP contribution in [0.15, 0.2) is 24.3 Å². The van der Waals surface area contributed by atoms with Gasteiger partial charge in [-0.2, -0.15) is 0 Å². The van der Waals surface area contributed by atoms with E-state index >= 15 is 0 Å². The number of hydrogen-bond acceptors (Lipinski definition) is 1. The van der Waals surface area contributed by atoms with Crippen molar-refractivity contribution < 1.29 is 4.39 Å². The van der Waals surface area contributed by atoms with Crippen molar-refractivity contribution in [1.29, 1.82) is 0 Å². The van der Waals surface area contributed by atoms with E-state index in [4.69, 9.17) is 0 Å². The van der Waals surface area contributed by atoms with Gasteiger partial charge in [0.25, 0.3) is 0 Å². The summed E-state index contributed by atoms with van der Waals surface area (Å²) in [7, 11) is 2.09. The van der Waals surface area contributed by atoms with Crippen LogP contribution >= 0.6 is 0 Å². The Kier molecular flexibility index (Phi) is 3.90. The number of hydrogen-bond donors (Lipinski definition) is 0. The van der Waals surface area contributed by atoms with E-state index in [0.717, 1.165) is 19.5 Å². The van der Waals surface area contributed by atoms with Crippen molar-refractivity contribution in [2.75, 3.05) is 20.1 Å². The van der Waals surface area contributed by atoms with Crippen LogP contribution < -0.4 is 0 Å². The lowest BCUT2D eigenvalue weighted by molar-refractivity contribution is 0.357. The van der Waals surface area contributed by atoms with E-state index in [2.05, 4.69) is 18.9 Å². The fourth-order valence-electron chi connectivity index (χ4n) is 1.13. The Bertz CT molecular complexity index is 243. The van der Waals surface area contributed by atoms with Gasteiger partial charge in [-0.05, 0) is 37.7 Å². The summed E-state index contributed by atoms with van der Waals surface area (Å²) in [5.74, 6) is -0.160. The van der Waals surface area contributed by atoms with Gasteiger partial charge in [0.2, 0.25) is 0 Å². The number of benzene rings is 1. The number of likely N-dealkylation sites (N-methyl/N-ethyl adjacent to an activating group) is 1. The Hall–Kier alpha value is -0.890. The molecule has 0 fully saturated rings. The molecular formula is C11H16FN. The first-order valence-corrected chi connectivity index (χ1v) is 4.65. The fourth-order valence-corrected chi connectivity index (χ4v) is 1.13. The van der Waals surface area contributed by atoms with Crippen LogP contribution in [-0.2, 0) is 6.42 Å². The van der Waals surface area contributed by atoms with Crippen LogP contribution in [0.3, 0.4) is 0 Å². The average Bonchev–Trinajstić information content (AvgIpc) is 2.16. The van der Waals surface area contributed by atoms with Crippen molar-refractivity contribution in [3.8, 4) is 0 Å². The Labute approximate surface area is 79.2 Å². The number of rotatable bonds is 4. The highest BCUT2D eigenvalue weighted by atomic mass is 19.1. The maximum absolute atomic E-state index is 12.5. The molecule has 1 nitrogen and oxygen atoms in total. The highest BCUT2D eigenvalue weighted by Gasteiger charge is 1.96. The first-order valence-electron chi connectivity index (χ1n) is 4.65. The molecule has 72 valence electrons. The minimum atomic E-state index is -0.160. The van der Waals surface area contributed by atoms with Crippen molar-refractivity contribution in [1.82, 2.24) is 4.90 Å². The van der Waals surface area contributed by atoms with E-state index in [-0.39, 0.29) is 5.82 Å². The second-order valence-electron chi connectivity index (χ2n) is 3.27. The fraction of sp³-hybridized carbons (Fsp3) is 0.455. The molecule has 1 aromatic carbocycles. The van der Waals surface area contributed by atoms with Crippen LogP contribution in [0, 0.1) is 5.82 Å². The number of halogens is 1. The van der Waals surface area contributed by atoms with Crippen LogP contribution in [0.2, 0.25) is 0 Å². The van der Waals surface area contributed by atoms with Crippen molar-refractivity contribution in [3.05, 3.63) is 35.6 Å². The molecule has 1 aromatic rings. The van der Waals surface area contributed by atoms with Crippen LogP contribution in [0.25, 0.3) is 0 Å². The van der Waals surface area contributed by atoms with Gasteiger partial charge in [-0.3, -0.25) is 0 Å². The smallest absolute Gasteiger partial charge is 0.123 e. The molecule has 1 rings (SSSR count). The maximum Gasteiger partial charge on any atom is 0.123 e. The lowest BCUT2D eigenvalue weighted by Gasteiger charge is -2.13. The van der Waals surface area contributed by atoms with Gasteiger partial charge in [-0.15, -0.1) is 0 Å². The molecule has 0 saturated carbocycles. The Balaban J connectivity index is 2.41. The Morgan fingerprint density at radius 1 is 1.23 bits per heavy atom. The van der Waals surface area contributed by atoms with E-state index in [1.54, 1.807) is 0 Å². The summed E-state index contributed by atoms with van der Waals surface area (Å²) < 4.78 is 12.5. The van der Waals surface area contributed by atoms with Gasteiger partial charge in [-0.25, -0.2) is 4.39 Å². The first-order chi connectivity index (χ1) is 6.22. The van der Waals surface area contributed by atoms with E-state index in [1.807, 2.05) is 12.1 Å². The molecule has 0 saturated heterocycles. The van der Waals surface area contributed by atoms with Gasteiger partial charge in [0.05, 0.1) is 0 Å². The third-order valence-corrected chi connectivity index (χ3v) is 2.24. The average molecular weight is 181 g/mol. The largest absolute Gasteiger partial charge is 0.306 e.